The fourth-order valence-electron chi connectivity index (χ4n) is 0.879. The minimum Gasteiger partial charge on any atom is -0.353 e. The number of hydrogen-bond acceptors (Lipinski definition) is 5. The van der Waals surface area contributed by atoms with Crippen LogP contribution in [0.3, 0.4) is 0 Å². The number of thiol groups is 1. The largest absolute Gasteiger partial charge is 0.353 e. The smallest absolute Gasteiger partial charge is 0.243 e. The maximum absolute atomic E-state index is 11.4. The quantitative estimate of drug-likeness (QED) is 0.410. The van der Waals surface area contributed by atoms with E-state index in [0.29, 0.717) is 0 Å². The number of sulfonamides is 1. The second kappa shape index (κ2) is 6.71. The highest BCUT2D eigenvalue weighted by atomic mass is 32.2. The van der Waals surface area contributed by atoms with Crippen molar-refractivity contribution in [2.24, 2.45) is 5.14 Å². The Morgan fingerprint density at radius 3 is 2.38 bits per heavy atom. The van der Waals surface area contributed by atoms with E-state index in [2.05, 4.69) is 23.3 Å². The van der Waals surface area contributed by atoms with Crippen molar-refractivity contribution in [3.63, 3.8) is 0 Å². The average molecular weight is 269 g/mol. The molecule has 1 atom stereocenters. The van der Waals surface area contributed by atoms with Crippen molar-refractivity contribution < 1.29 is 18.0 Å². The van der Waals surface area contributed by atoms with E-state index in [1.54, 1.807) is 0 Å². The Kier molecular flexibility index (Phi) is 6.38. The highest BCUT2D eigenvalue weighted by Gasteiger charge is 2.17. The standard InChI is InChI=1S/C7H15N3O4S2/c1-5(11)10-6(4-15)7(12)9-2-3-16(8,13)14/h6,15H,2-4H2,1H3,(H,9,12)(H,10,11)(H2,8,13,14). The second-order valence-electron chi connectivity index (χ2n) is 3.09. The van der Waals surface area contributed by atoms with E-state index in [4.69, 9.17) is 5.14 Å². The Morgan fingerprint density at radius 1 is 1.44 bits per heavy atom. The molecular formula is C7H15N3O4S2. The fourth-order valence-corrected chi connectivity index (χ4v) is 1.52. The number of nitrogens with two attached hydrogens (primary N) is 1. The van der Waals surface area contributed by atoms with E-state index in [9.17, 15) is 18.0 Å². The highest BCUT2D eigenvalue weighted by Crippen LogP contribution is 1.88. The van der Waals surface area contributed by atoms with Crippen LogP contribution >= 0.6 is 12.6 Å². The Morgan fingerprint density at radius 2 is 2.00 bits per heavy atom. The van der Waals surface area contributed by atoms with Crippen molar-refractivity contribution in [1.29, 1.82) is 0 Å². The zero-order valence-electron chi connectivity index (χ0n) is 8.76. The normalized spacial score (nSPS) is 12.9. The number of primary sulfonamides is 1. The van der Waals surface area contributed by atoms with Gasteiger partial charge in [0.2, 0.25) is 21.8 Å². The van der Waals surface area contributed by atoms with Gasteiger partial charge in [0, 0.05) is 19.2 Å². The van der Waals surface area contributed by atoms with Crippen LogP contribution in [0.25, 0.3) is 0 Å². The molecule has 0 aromatic carbocycles. The second-order valence-corrected chi connectivity index (χ2v) is 5.19. The summed E-state index contributed by atoms with van der Waals surface area (Å²) in [7, 11) is -3.60. The van der Waals surface area contributed by atoms with Gasteiger partial charge in [0.15, 0.2) is 0 Å². The first kappa shape index (κ1) is 15.2. The summed E-state index contributed by atoms with van der Waals surface area (Å²) in [6, 6.07) is -0.777. The first-order valence-electron chi connectivity index (χ1n) is 4.42. The van der Waals surface area contributed by atoms with Crippen LogP contribution in [0.1, 0.15) is 6.92 Å². The lowest BCUT2D eigenvalue weighted by Gasteiger charge is -2.14. The van der Waals surface area contributed by atoms with Gasteiger partial charge >= 0.3 is 0 Å². The number of carbonyl (C=O) groups excluding carboxylic acids is 2. The molecule has 4 N–H and O–H groups in total. The minimum absolute atomic E-state index is 0.0957. The topological polar surface area (TPSA) is 118 Å². The maximum Gasteiger partial charge on any atom is 0.243 e. The van der Waals surface area contributed by atoms with Gasteiger partial charge in [-0.1, -0.05) is 0 Å². The van der Waals surface area contributed by atoms with Gasteiger partial charge in [-0.25, -0.2) is 13.6 Å². The van der Waals surface area contributed by atoms with E-state index >= 15 is 0 Å². The molecule has 0 bridgehead atoms. The van der Waals surface area contributed by atoms with Crippen LogP contribution in [-0.2, 0) is 19.6 Å². The van der Waals surface area contributed by atoms with Gasteiger partial charge in [-0.3, -0.25) is 9.59 Å². The Bertz CT molecular complexity index is 355. The lowest BCUT2D eigenvalue weighted by atomic mass is 10.3. The summed E-state index contributed by atoms with van der Waals surface area (Å²) in [6.07, 6.45) is 0. The molecule has 0 aromatic rings. The maximum atomic E-state index is 11.4. The van der Waals surface area contributed by atoms with Crippen molar-refractivity contribution in [1.82, 2.24) is 10.6 Å². The van der Waals surface area contributed by atoms with Gasteiger partial charge in [-0.15, -0.1) is 0 Å². The molecule has 0 heterocycles. The molecule has 94 valence electrons. The number of hydrogen-bond donors (Lipinski definition) is 4. The predicted octanol–water partition coefficient (Wildman–Crippen LogP) is -2.17. The molecule has 0 fully saturated rings. The molecule has 0 spiro atoms. The third kappa shape index (κ3) is 7.49. The van der Waals surface area contributed by atoms with E-state index < -0.39 is 22.0 Å². The van der Waals surface area contributed by atoms with Gasteiger partial charge in [0.1, 0.15) is 6.04 Å². The molecule has 0 aliphatic rings. The molecule has 0 aliphatic heterocycles. The summed E-state index contributed by atoms with van der Waals surface area (Å²) < 4.78 is 21.1. The summed E-state index contributed by atoms with van der Waals surface area (Å²) >= 11 is 3.89. The van der Waals surface area contributed by atoms with Gasteiger partial charge in [-0.2, -0.15) is 12.6 Å². The molecular weight excluding hydrogens is 254 g/mol. The first-order valence-corrected chi connectivity index (χ1v) is 6.77. The van der Waals surface area contributed by atoms with Gasteiger partial charge < -0.3 is 10.6 Å². The van der Waals surface area contributed by atoms with E-state index in [1.807, 2.05) is 0 Å². The minimum atomic E-state index is -3.60. The Hall–Kier alpha value is -0.800. The molecule has 0 saturated heterocycles. The van der Waals surface area contributed by atoms with Crippen LogP contribution in [0, 0.1) is 0 Å². The molecule has 0 rings (SSSR count). The van der Waals surface area contributed by atoms with Crippen LogP contribution in [0.15, 0.2) is 0 Å². The molecule has 7 nitrogen and oxygen atoms in total. The summed E-state index contributed by atoms with van der Waals surface area (Å²) in [5, 5.41) is 9.45. The van der Waals surface area contributed by atoms with Gasteiger partial charge in [-0.05, 0) is 0 Å². The number of nitrogens with one attached hydrogen (secondary N) is 2. The fraction of sp³-hybridized carbons (Fsp3) is 0.714. The molecule has 0 aliphatic carbocycles. The molecule has 0 saturated carbocycles. The van der Waals surface area contributed by atoms with Gasteiger partial charge in [0.05, 0.1) is 5.75 Å². The molecule has 2 amide bonds. The Labute approximate surface area is 99.6 Å². The SMILES string of the molecule is CC(=O)NC(CS)C(=O)NCCS(N)(=O)=O. The van der Waals surface area contributed by atoms with Crippen LogP contribution < -0.4 is 15.8 Å². The average Bonchev–Trinajstić information content (AvgIpc) is 2.11. The molecule has 16 heavy (non-hydrogen) atoms. The summed E-state index contributed by atoms with van der Waals surface area (Å²) in [4.78, 5) is 22.1. The van der Waals surface area contributed by atoms with Crippen molar-refractivity contribution >= 4 is 34.5 Å². The van der Waals surface area contributed by atoms with Gasteiger partial charge in [0.25, 0.3) is 0 Å². The van der Waals surface area contributed by atoms with Crippen molar-refractivity contribution in [2.75, 3.05) is 18.1 Å². The van der Waals surface area contributed by atoms with Crippen LogP contribution in [0.2, 0.25) is 0 Å². The summed E-state index contributed by atoms with van der Waals surface area (Å²) in [6.45, 7) is 1.18. The van der Waals surface area contributed by atoms with Crippen molar-refractivity contribution in [3.05, 3.63) is 0 Å². The van der Waals surface area contributed by atoms with E-state index in [-0.39, 0.29) is 24.0 Å². The lowest BCUT2D eigenvalue weighted by molar-refractivity contribution is -0.127. The molecule has 0 radical (unpaired) electrons. The number of rotatable bonds is 6. The zero-order valence-corrected chi connectivity index (χ0v) is 10.5. The number of amides is 2. The zero-order chi connectivity index (χ0) is 12.8. The number of carbonyl (C=O) groups is 2. The molecule has 0 aromatic heterocycles. The van der Waals surface area contributed by atoms with E-state index in [1.165, 1.54) is 6.92 Å². The first-order chi connectivity index (χ1) is 7.26. The highest BCUT2D eigenvalue weighted by molar-refractivity contribution is 7.89. The summed E-state index contributed by atoms with van der Waals surface area (Å²) in [5.41, 5.74) is 0. The summed E-state index contributed by atoms with van der Waals surface area (Å²) in [5.74, 6) is -1.08. The molecule has 1 unspecified atom stereocenters. The van der Waals surface area contributed by atoms with Crippen LogP contribution in [0.5, 0.6) is 0 Å². The van der Waals surface area contributed by atoms with E-state index in [0.717, 1.165) is 0 Å². The predicted molar refractivity (Wildman–Crippen MR) is 62.4 cm³/mol. The van der Waals surface area contributed by atoms with Crippen molar-refractivity contribution in [2.45, 2.75) is 13.0 Å². The van der Waals surface area contributed by atoms with Crippen molar-refractivity contribution in [3.8, 4) is 0 Å². The molecule has 9 heteroatoms. The monoisotopic (exact) mass is 269 g/mol. The van der Waals surface area contributed by atoms with Crippen LogP contribution in [0.4, 0.5) is 0 Å². The van der Waals surface area contributed by atoms with Crippen LogP contribution in [-0.4, -0.2) is 44.3 Å². The third-order valence-corrected chi connectivity index (χ3v) is 2.70. The Balaban J connectivity index is 4.08. The third-order valence-electron chi connectivity index (χ3n) is 1.56. The lowest BCUT2D eigenvalue weighted by Crippen LogP contribution is -2.48.